The van der Waals surface area contributed by atoms with Crippen LogP contribution >= 0.6 is 0 Å². The molecule has 0 spiro atoms. The Kier molecular flexibility index (Phi) is 9.04. The van der Waals surface area contributed by atoms with Gasteiger partial charge < -0.3 is 4.74 Å². The summed E-state index contributed by atoms with van der Waals surface area (Å²) in [5, 5.41) is 0. The monoisotopic (exact) mass is 294 g/mol. The molecule has 3 heteroatoms. The summed E-state index contributed by atoms with van der Waals surface area (Å²) < 4.78 is 4.56. The van der Waals surface area contributed by atoms with E-state index in [1.54, 1.807) is 0 Å². The van der Waals surface area contributed by atoms with E-state index in [0.717, 1.165) is 18.4 Å². The van der Waals surface area contributed by atoms with E-state index in [0.29, 0.717) is 0 Å². The Morgan fingerprint density at radius 3 is 2.00 bits per heavy atom. The molecular weight excluding hydrogens is 264 g/mol. The lowest BCUT2D eigenvalue weighted by Crippen LogP contribution is -2.09. The van der Waals surface area contributed by atoms with Crippen molar-refractivity contribution in [3.63, 3.8) is 0 Å². The van der Waals surface area contributed by atoms with Gasteiger partial charge in [0.2, 0.25) is 0 Å². The van der Waals surface area contributed by atoms with Crippen LogP contribution in [0.4, 0.5) is 0 Å². The summed E-state index contributed by atoms with van der Waals surface area (Å²) in [5.41, 5.74) is 0.866. The third kappa shape index (κ3) is 7.45. The van der Waals surface area contributed by atoms with Gasteiger partial charge in [0.05, 0.1) is 12.3 Å². The molecule has 0 N–H and O–H groups in total. The Morgan fingerprint density at radius 2 is 1.52 bits per heavy atom. The van der Waals surface area contributed by atoms with Crippen LogP contribution in [0.15, 0.2) is 12.2 Å². The Bertz CT molecular complexity index is 346. The number of esters is 2. The van der Waals surface area contributed by atoms with Crippen molar-refractivity contribution in [1.82, 2.24) is 0 Å². The highest BCUT2D eigenvalue weighted by Crippen LogP contribution is 2.26. The number of hydrogen-bond acceptors (Lipinski definition) is 3. The summed E-state index contributed by atoms with van der Waals surface area (Å²) in [7, 11) is 0. The van der Waals surface area contributed by atoms with Crippen molar-refractivity contribution in [2.75, 3.05) is 0 Å². The largest absolute Gasteiger partial charge is 0.393 e. The van der Waals surface area contributed by atoms with Crippen molar-refractivity contribution in [2.24, 2.45) is 5.92 Å². The predicted molar refractivity (Wildman–Crippen MR) is 84.8 cm³/mol. The highest BCUT2D eigenvalue weighted by molar-refractivity contribution is 5.96. The van der Waals surface area contributed by atoms with Gasteiger partial charge in [-0.1, -0.05) is 76.9 Å². The van der Waals surface area contributed by atoms with Crippen LogP contribution in [-0.2, 0) is 14.3 Å². The summed E-state index contributed by atoms with van der Waals surface area (Å²) in [6.07, 6.45) is 14.0. The lowest BCUT2D eigenvalue weighted by atomic mass is 9.94. The van der Waals surface area contributed by atoms with Crippen LogP contribution in [0.25, 0.3) is 0 Å². The maximum absolute atomic E-state index is 11.4. The second kappa shape index (κ2) is 10.6. The third-order valence-corrected chi connectivity index (χ3v) is 4.21. The van der Waals surface area contributed by atoms with Gasteiger partial charge in [0.1, 0.15) is 0 Å². The van der Waals surface area contributed by atoms with E-state index in [-0.39, 0.29) is 12.3 Å². The van der Waals surface area contributed by atoms with Crippen LogP contribution in [0.2, 0.25) is 0 Å². The van der Waals surface area contributed by atoms with Crippen LogP contribution in [0.3, 0.4) is 0 Å². The van der Waals surface area contributed by atoms with Gasteiger partial charge in [0, 0.05) is 0 Å². The van der Waals surface area contributed by atoms with Gasteiger partial charge in [-0.2, -0.15) is 0 Å². The molecule has 0 aromatic rings. The van der Waals surface area contributed by atoms with Crippen LogP contribution in [-0.4, -0.2) is 11.9 Å². The maximum Gasteiger partial charge on any atom is 0.321 e. The number of carbonyl (C=O) groups is 2. The first-order chi connectivity index (χ1) is 10.1. The normalized spacial score (nSPS) is 18.0. The Morgan fingerprint density at radius 1 is 1.00 bits per heavy atom. The summed E-state index contributed by atoms with van der Waals surface area (Å²) in [6, 6.07) is 0. The van der Waals surface area contributed by atoms with Gasteiger partial charge in [-0.3, -0.25) is 9.59 Å². The molecule has 3 nitrogen and oxygen atoms in total. The molecule has 0 radical (unpaired) electrons. The molecule has 1 fully saturated rings. The highest BCUT2D eigenvalue weighted by atomic mass is 16.6. The molecule has 0 bridgehead atoms. The fourth-order valence-corrected chi connectivity index (χ4v) is 2.80. The summed E-state index contributed by atoms with van der Waals surface area (Å²) in [6.45, 7) is 6.19. The van der Waals surface area contributed by atoms with Gasteiger partial charge in [0.25, 0.3) is 0 Å². The average molecular weight is 294 g/mol. The number of cyclic esters (lactones) is 2. The number of unbranched alkanes of at least 4 members (excludes halogenated alkanes) is 9. The molecule has 1 aliphatic rings. The average Bonchev–Trinajstić information content (AvgIpc) is 2.79. The van der Waals surface area contributed by atoms with Gasteiger partial charge in [-0.25, -0.2) is 0 Å². The summed E-state index contributed by atoms with van der Waals surface area (Å²) in [5.74, 6) is -1.19. The first kappa shape index (κ1) is 17.9. The minimum Gasteiger partial charge on any atom is -0.393 e. The van der Waals surface area contributed by atoms with Gasteiger partial charge in [-0.15, -0.1) is 0 Å². The van der Waals surface area contributed by atoms with E-state index in [2.05, 4.69) is 18.2 Å². The summed E-state index contributed by atoms with van der Waals surface area (Å²) in [4.78, 5) is 22.4. The second-order valence-corrected chi connectivity index (χ2v) is 6.14. The number of carbonyl (C=O) groups excluding carboxylic acids is 2. The first-order valence-corrected chi connectivity index (χ1v) is 8.57. The van der Waals surface area contributed by atoms with Gasteiger partial charge in [0.15, 0.2) is 0 Å². The van der Waals surface area contributed by atoms with Crippen LogP contribution < -0.4 is 0 Å². The van der Waals surface area contributed by atoms with Gasteiger partial charge >= 0.3 is 11.9 Å². The number of hydrogen-bond donors (Lipinski definition) is 0. The molecule has 21 heavy (non-hydrogen) atoms. The van der Waals surface area contributed by atoms with Crippen molar-refractivity contribution in [2.45, 2.75) is 84.0 Å². The Labute approximate surface area is 129 Å². The standard InChI is InChI=1S/C18H30O3/c1-3-4-5-6-7-8-9-10-11-12-13-15(2)16-14-17(19)21-18(16)20/h16H,2-14H2,1H3. The van der Waals surface area contributed by atoms with E-state index in [1.165, 1.54) is 57.8 Å². The SMILES string of the molecule is C=C(CCCCCCCCCCCC)C1CC(=O)OC1=O. The molecule has 0 aliphatic carbocycles. The zero-order valence-corrected chi connectivity index (χ0v) is 13.5. The van der Waals surface area contributed by atoms with Crippen LogP contribution in [0.5, 0.6) is 0 Å². The number of rotatable bonds is 12. The third-order valence-electron chi connectivity index (χ3n) is 4.21. The van der Waals surface area contributed by atoms with E-state index >= 15 is 0 Å². The topological polar surface area (TPSA) is 43.4 Å². The van der Waals surface area contributed by atoms with Crippen molar-refractivity contribution < 1.29 is 14.3 Å². The molecule has 0 saturated carbocycles. The van der Waals surface area contributed by atoms with Gasteiger partial charge in [-0.05, 0) is 12.8 Å². The van der Waals surface area contributed by atoms with Crippen molar-refractivity contribution in [3.8, 4) is 0 Å². The van der Waals surface area contributed by atoms with Crippen LogP contribution in [0, 0.1) is 5.92 Å². The highest BCUT2D eigenvalue weighted by Gasteiger charge is 2.34. The molecular formula is C18H30O3. The molecule has 120 valence electrons. The van der Waals surface area contributed by atoms with Crippen LogP contribution in [0.1, 0.15) is 84.0 Å². The molecule has 0 amide bonds. The lowest BCUT2D eigenvalue weighted by molar-refractivity contribution is -0.152. The van der Waals surface area contributed by atoms with E-state index in [4.69, 9.17) is 0 Å². The maximum atomic E-state index is 11.4. The second-order valence-electron chi connectivity index (χ2n) is 6.14. The summed E-state index contributed by atoms with van der Waals surface area (Å²) >= 11 is 0. The fraction of sp³-hybridized carbons (Fsp3) is 0.778. The molecule has 1 saturated heterocycles. The Hall–Kier alpha value is -1.12. The fourth-order valence-electron chi connectivity index (χ4n) is 2.80. The lowest BCUT2D eigenvalue weighted by Gasteiger charge is -2.08. The quantitative estimate of drug-likeness (QED) is 0.221. The molecule has 1 unspecified atom stereocenters. The predicted octanol–water partition coefficient (Wildman–Crippen LogP) is 4.94. The van der Waals surface area contributed by atoms with Crippen molar-refractivity contribution in [3.05, 3.63) is 12.2 Å². The van der Waals surface area contributed by atoms with Crippen molar-refractivity contribution >= 4 is 11.9 Å². The minimum atomic E-state index is -0.408. The minimum absolute atomic E-state index is 0.190. The molecule has 1 heterocycles. The molecule has 0 aromatic carbocycles. The number of ether oxygens (including phenoxy) is 1. The van der Waals surface area contributed by atoms with E-state index < -0.39 is 11.9 Å². The molecule has 1 rings (SSSR count). The van der Waals surface area contributed by atoms with E-state index in [9.17, 15) is 9.59 Å². The zero-order chi connectivity index (χ0) is 15.5. The molecule has 1 atom stereocenters. The van der Waals surface area contributed by atoms with E-state index in [1.807, 2.05) is 0 Å². The molecule has 0 aromatic heterocycles. The zero-order valence-electron chi connectivity index (χ0n) is 13.5. The smallest absolute Gasteiger partial charge is 0.321 e. The Balaban J connectivity index is 1.93. The molecule has 1 aliphatic heterocycles. The van der Waals surface area contributed by atoms with Crippen molar-refractivity contribution in [1.29, 1.82) is 0 Å². The first-order valence-electron chi connectivity index (χ1n) is 8.57.